The van der Waals surface area contributed by atoms with Crippen molar-refractivity contribution in [3.8, 4) is 0 Å². The molecule has 3 atom stereocenters. The summed E-state index contributed by atoms with van der Waals surface area (Å²) in [5.74, 6) is 0. The summed E-state index contributed by atoms with van der Waals surface area (Å²) < 4.78 is 9.61. The van der Waals surface area contributed by atoms with E-state index < -0.39 is 31.0 Å². The molecule has 0 spiro atoms. The maximum Gasteiger partial charge on any atom is 0.177 e. The zero-order valence-corrected chi connectivity index (χ0v) is 6.92. The minimum Gasteiger partial charge on any atom is -0.394 e. The van der Waals surface area contributed by atoms with Gasteiger partial charge in [-0.25, -0.2) is 0 Å². The number of carbonyl (C=O) groups is 1. The summed E-state index contributed by atoms with van der Waals surface area (Å²) in [5, 5.41) is 27.1. The van der Waals surface area contributed by atoms with Crippen molar-refractivity contribution in [2.45, 2.75) is 17.8 Å². The van der Waals surface area contributed by atoms with Crippen LogP contribution in [-0.4, -0.2) is 59.4 Å². The van der Waals surface area contributed by atoms with E-state index in [-0.39, 0.29) is 6.79 Å². The molecule has 76 valence electrons. The minimum atomic E-state index is -1.66. The fourth-order valence-electron chi connectivity index (χ4n) is 1.16. The van der Waals surface area contributed by atoms with Gasteiger partial charge in [0, 0.05) is 0 Å². The molecule has 0 aromatic carbocycles. The predicted octanol–water partition coefficient (Wildman–Crippen LogP) is -2.36. The molecule has 0 radical (unpaired) electrons. The van der Waals surface area contributed by atoms with E-state index in [4.69, 9.17) is 19.7 Å². The lowest BCUT2D eigenvalue weighted by molar-refractivity contribution is -0.275. The van der Waals surface area contributed by atoms with Crippen molar-refractivity contribution in [1.82, 2.24) is 0 Å². The highest BCUT2D eigenvalue weighted by atomic mass is 16.7. The van der Waals surface area contributed by atoms with Gasteiger partial charge in [0.05, 0.1) is 13.2 Å². The smallest absolute Gasteiger partial charge is 0.177 e. The van der Waals surface area contributed by atoms with Gasteiger partial charge in [0.25, 0.3) is 0 Å². The molecule has 1 rings (SSSR count). The number of aliphatic hydroxyl groups is 3. The SMILES string of the molecule is O=CC1(CO)OCOC(CO)C1O. The van der Waals surface area contributed by atoms with Crippen molar-refractivity contribution >= 4 is 6.29 Å². The Balaban J connectivity index is 2.78. The van der Waals surface area contributed by atoms with Gasteiger partial charge < -0.3 is 24.8 Å². The Morgan fingerprint density at radius 2 is 2.23 bits per heavy atom. The minimum absolute atomic E-state index is 0.235. The summed E-state index contributed by atoms with van der Waals surface area (Å²) >= 11 is 0. The van der Waals surface area contributed by atoms with E-state index in [1.165, 1.54) is 0 Å². The number of aliphatic hydroxyl groups excluding tert-OH is 3. The van der Waals surface area contributed by atoms with E-state index in [2.05, 4.69) is 0 Å². The Bertz CT molecular complexity index is 184. The molecule has 3 unspecified atom stereocenters. The van der Waals surface area contributed by atoms with Gasteiger partial charge in [-0.05, 0) is 0 Å². The van der Waals surface area contributed by atoms with E-state index in [1.54, 1.807) is 0 Å². The standard InChI is InChI=1S/C7H12O6/c8-1-5-6(11)7(2-9,3-10)13-4-12-5/h2,5-6,8,10-11H,1,3-4H2. The first-order valence-corrected chi connectivity index (χ1v) is 3.82. The van der Waals surface area contributed by atoms with Crippen molar-refractivity contribution < 1.29 is 29.6 Å². The second kappa shape index (κ2) is 4.12. The van der Waals surface area contributed by atoms with E-state index in [0.29, 0.717) is 6.29 Å². The molecule has 1 aliphatic heterocycles. The number of ether oxygens (including phenoxy) is 2. The third kappa shape index (κ3) is 1.72. The molecule has 0 bridgehead atoms. The highest BCUT2D eigenvalue weighted by Crippen LogP contribution is 2.22. The highest BCUT2D eigenvalue weighted by Gasteiger charge is 2.46. The van der Waals surface area contributed by atoms with Gasteiger partial charge in [-0.3, -0.25) is 4.79 Å². The van der Waals surface area contributed by atoms with Crippen LogP contribution in [0.4, 0.5) is 0 Å². The van der Waals surface area contributed by atoms with Gasteiger partial charge in [0.15, 0.2) is 11.9 Å². The van der Waals surface area contributed by atoms with Crippen LogP contribution in [0.5, 0.6) is 0 Å². The van der Waals surface area contributed by atoms with Crippen LogP contribution in [0, 0.1) is 0 Å². The Hall–Kier alpha value is -0.530. The van der Waals surface area contributed by atoms with Gasteiger partial charge in [0.2, 0.25) is 0 Å². The van der Waals surface area contributed by atoms with E-state index in [1.807, 2.05) is 0 Å². The molecule has 1 heterocycles. The lowest BCUT2D eigenvalue weighted by Crippen LogP contribution is -2.60. The molecule has 1 aliphatic rings. The van der Waals surface area contributed by atoms with Crippen molar-refractivity contribution in [3.63, 3.8) is 0 Å². The van der Waals surface area contributed by atoms with E-state index in [0.717, 1.165) is 0 Å². The third-order valence-electron chi connectivity index (χ3n) is 2.09. The van der Waals surface area contributed by atoms with Crippen LogP contribution in [0.3, 0.4) is 0 Å². The maximum atomic E-state index is 10.6. The lowest BCUT2D eigenvalue weighted by Gasteiger charge is -2.39. The number of hydrogen-bond donors (Lipinski definition) is 3. The molecular weight excluding hydrogens is 180 g/mol. The van der Waals surface area contributed by atoms with E-state index >= 15 is 0 Å². The monoisotopic (exact) mass is 192 g/mol. The summed E-state index contributed by atoms with van der Waals surface area (Å²) in [6.45, 7) is -1.31. The second-order valence-electron chi connectivity index (χ2n) is 2.83. The van der Waals surface area contributed by atoms with Crippen LogP contribution in [0.25, 0.3) is 0 Å². The Morgan fingerprint density at radius 3 is 2.69 bits per heavy atom. The molecule has 1 saturated heterocycles. The number of aldehydes is 1. The van der Waals surface area contributed by atoms with Crippen LogP contribution in [0.1, 0.15) is 0 Å². The van der Waals surface area contributed by atoms with Crippen molar-refractivity contribution in [2.75, 3.05) is 20.0 Å². The number of carbonyl (C=O) groups excluding carboxylic acids is 1. The molecule has 0 aromatic rings. The van der Waals surface area contributed by atoms with Crippen molar-refractivity contribution in [3.05, 3.63) is 0 Å². The normalized spacial score (nSPS) is 40.2. The topological polar surface area (TPSA) is 96.2 Å². The zero-order valence-electron chi connectivity index (χ0n) is 6.92. The molecule has 6 heteroatoms. The average Bonchev–Trinajstić information content (AvgIpc) is 2.19. The molecule has 0 amide bonds. The summed E-state index contributed by atoms with van der Waals surface area (Å²) in [7, 11) is 0. The van der Waals surface area contributed by atoms with Crippen molar-refractivity contribution in [2.24, 2.45) is 0 Å². The molecule has 0 saturated carbocycles. The van der Waals surface area contributed by atoms with Crippen LogP contribution >= 0.6 is 0 Å². The summed E-state index contributed by atoms with van der Waals surface area (Å²) in [6, 6.07) is 0. The van der Waals surface area contributed by atoms with Crippen LogP contribution in [0.2, 0.25) is 0 Å². The molecule has 0 aliphatic carbocycles. The molecule has 3 N–H and O–H groups in total. The Kier molecular flexibility index (Phi) is 3.34. The lowest BCUT2D eigenvalue weighted by atomic mass is 9.94. The fourth-order valence-corrected chi connectivity index (χ4v) is 1.16. The molecule has 1 fully saturated rings. The molecular formula is C7H12O6. The predicted molar refractivity (Wildman–Crippen MR) is 39.8 cm³/mol. The maximum absolute atomic E-state index is 10.6. The second-order valence-corrected chi connectivity index (χ2v) is 2.83. The largest absolute Gasteiger partial charge is 0.394 e. The molecule has 0 aromatic heterocycles. The quantitative estimate of drug-likeness (QED) is 0.433. The molecule has 13 heavy (non-hydrogen) atoms. The summed E-state index contributed by atoms with van der Waals surface area (Å²) in [6.07, 6.45) is -1.93. The first-order valence-electron chi connectivity index (χ1n) is 3.82. The summed E-state index contributed by atoms with van der Waals surface area (Å²) in [4.78, 5) is 10.6. The van der Waals surface area contributed by atoms with Crippen LogP contribution in [0.15, 0.2) is 0 Å². The Morgan fingerprint density at radius 1 is 1.54 bits per heavy atom. The number of hydrogen-bond acceptors (Lipinski definition) is 6. The first kappa shape index (κ1) is 10.6. The van der Waals surface area contributed by atoms with Crippen LogP contribution in [-0.2, 0) is 14.3 Å². The average molecular weight is 192 g/mol. The first-order chi connectivity index (χ1) is 6.20. The van der Waals surface area contributed by atoms with Gasteiger partial charge in [-0.15, -0.1) is 0 Å². The highest BCUT2D eigenvalue weighted by molar-refractivity contribution is 5.64. The van der Waals surface area contributed by atoms with Gasteiger partial charge in [-0.2, -0.15) is 0 Å². The molecule has 6 nitrogen and oxygen atoms in total. The Labute approximate surface area is 74.7 Å². The van der Waals surface area contributed by atoms with Gasteiger partial charge in [-0.1, -0.05) is 0 Å². The summed E-state index contributed by atoms with van der Waals surface area (Å²) in [5.41, 5.74) is -1.66. The zero-order chi connectivity index (χ0) is 9.90. The van der Waals surface area contributed by atoms with Crippen LogP contribution < -0.4 is 0 Å². The van der Waals surface area contributed by atoms with E-state index in [9.17, 15) is 9.90 Å². The third-order valence-corrected chi connectivity index (χ3v) is 2.09. The van der Waals surface area contributed by atoms with Crippen molar-refractivity contribution in [1.29, 1.82) is 0 Å². The number of rotatable bonds is 3. The fraction of sp³-hybridized carbons (Fsp3) is 0.857. The van der Waals surface area contributed by atoms with Gasteiger partial charge in [0.1, 0.15) is 19.0 Å². The van der Waals surface area contributed by atoms with Gasteiger partial charge >= 0.3 is 0 Å².